The highest BCUT2D eigenvalue weighted by molar-refractivity contribution is 7.86. The van der Waals surface area contributed by atoms with Crippen LogP contribution in [0.3, 0.4) is 0 Å². The Morgan fingerprint density at radius 2 is 1.38 bits per heavy atom. The molecule has 0 radical (unpaired) electrons. The zero-order chi connectivity index (χ0) is 30.1. The van der Waals surface area contributed by atoms with Gasteiger partial charge in [0.05, 0.1) is 24.7 Å². The van der Waals surface area contributed by atoms with Gasteiger partial charge in [-0.1, -0.05) is 78.4 Å². The van der Waals surface area contributed by atoms with E-state index in [1.807, 2.05) is 67.6 Å². The monoisotopic (exact) mass is 597 g/mol. The Labute approximate surface area is 246 Å². The van der Waals surface area contributed by atoms with Crippen LogP contribution < -0.4 is 5.32 Å². The number of benzene rings is 3. The van der Waals surface area contributed by atoms with Gasteiger partial charge in [-0.25, -0.2) is 0 Å². The number of carbonyl (C=O) groups excluding carboxylic acids is 2. The van der Waals surface area contributed by atoms with E-state index in [1.165, 1.54) is 26.0 Å². The molecule has 4 rings (SSSR count). The van der Waals surface area contributed by atoms with Crippen molar-refractivity contribution in [3.63, 3.8) is 0 Å². The second kappa shape index (κ2) is 14.5. The van der Waals surface area contributed by atoms with Crippen LogP contribution in [0.1, 0.15) is 30.5 Å². The minimum atomic E-state index is -4.18. The molecule has 1 saturated heterocycles. The maximum atomic E-state index is 13.0. The fraction of sp³-hybridized carbons (Fsp3) is 0.355. The van der Waals surface area contributed by atoms with E-state index in [2.05, 4.69) is 5.32 Å². The Morgan fingerprint density at radius 3 is 1.93 bits per heavy atom. The molecule has 0 unspecified atom stereocenters. The van der Waals surface area contributed by atoms with E-state index >= 15 is 0 Å². The van der Waals surface area contributed by atoms with Crippen molar-refractivity contribution in [2.75, 3.05) is 6.61 Å². The van der Waals surface area contributed by atoms with Crippen molar-refractivity contribution in [1.82, 2.24) is 5.32 Å². The first kappa shape index (κ1) is 31.3. The molecule has 3 aromatic rings. The quantitative estimate of drug-likeness (QED) is 0.246. The van der Waals surface area contributed by atoms with Crippen LogP contribution in [0.2, 0.25) is 0 Å². The molecule has 1 fully saturated rings. The maximum Gasteiger partial charge on any atom is 0.303 e. The number of rotatable bonds is 12. The van der Waals surface area contributed by atoms with Gasteiger partial charge >= 0.3 is 5.97 Å². The predicted octanol–water partition coefficient (Wildman–Crippen LogP) is 3.66. The molecule has 42 heavy (non-hydrogen) atoms. The van der Waals surface area contributed by atoms with E-state index in [4.69, 9.17) is 23.1 Å². The first-order valence-electron chi connectivity index (χ1n) is 13.5. The van der Waals surface area contributed by atoms with Gasteiger partial charge in [-0.2, -0.15) is 8.42 Å². The van der Waals surface area contributed by atoms with Crippen molar-refractivity contribution >= 4 is 22.0 Å². The molecule has 1 N–H and O–H groups in total. The van der Waals surface area contributed by atoms with Crippen molar-refractivity contribution in [2.24, 2.45) is 0 Å². The molecular formula is C31H35NO9S. The average molecular weight is 598 g/mol. The van der Waals surface area contributed by atoms with Crippen LogP contribution in [0.25, 0.3) is 0 Å². The van der Waals surface area contributed by atoms with Gasteiger partial charge in [-0.3, -0.25) is 13.8 Å². The van der Waals surface area contributed by atoms with Crippen molar-refractivity contribution < 1.29 is 41.1 Å². The number of aryl methyl sites for hydroxylation is 1. The fourth-order valence-electron chi connectivity index (χ4n) is 4.55. The van der Waals surface area contributed by atoms with Gasteiger partial charge in [-0.05, 0) is 30.2 Å². The van der Waals surface area contributed by atoms with Crippen molar-refractivity contribution in [3.8, 4) is 0 Å². The second-order valence-corrected chi connectivity index (χ2v) is 11.6. The molecule has 0 spiro atoms. The molecular weight excluding hydrogens is 562 g/mol. The van der Waals surface area contributed by atoms with Gasteiger partial charge in [0, 0.05) is 13.8 Å². The fourth-order valence-corrected chi connectivity index (χ4v) is 5.47. The summed E-state index contributed by atoms with van der Waals surface area (Å²) in [6, 6.07) is 24.0. The first-order chi connectivity index (χ1) is 20.1. The third kappa shape index (κ3) is 8.70. The smallest absolute Gasteiger partial charge is 0.303 e. The number of amides is 1. The van der Waals surface area contributed by atoms with Gasteiger partial charge in [0.2, 0.25) is 5.91 Å². The summed E-state index contributed by atoms with van der Waals surface area (Å²) >= 11 is 0. The molecule has 5 atom stereocenters. The van der Waals surface area contributed by atoms with Crippen LogP contribution >= 0.6 is 0 Å². The van der Waals surface area contributed by atoms with Crippen LogP contribution in [-0.2, 0) is 56.1 Å². The summed E-state index contributed by atoms with van der Waals surface area (Å²) in [7, 11) is -4.18. The lowest BCUT2D eigenvalue weighted by Gasteiger charge is -2.45. The van der Waals surface area contributed by atoms with Crippen LogP contribution in [-0.4, -0.2) is 57.5 Å². The molecule has 1 heterocycles. The van der Waals surface area contributed by atoms with Gasteiger partial charge in [0.15, 0.2) is 12.4 Å². The van der Waals surface area contributed by atoms with Crippen LogP contribution in [0, 0.1) is 6.92 Å². The van der Waals surface area contributed by atoms with Crippen LogP contribution in [0.15, 0.2) is 89.8 Å². The molecule has 224 valence electrons. The summed E-state index contributed by atoms with van der Waals surface area (Å²) in [5.74, 6) is -1.03. The van der Waals surface area contributed by atoms with Crippen molar-refractivity contribution in [1.29, 1.82) is 0 Å². The Hall–Kier alpha value is -3.61. The van der Waals surface area contributed by atoms with E-state index in [1.54, 1.807) is 12.1 Å². The third-order valence-electron chi connectivity index (χ3n) is 6.56. The Balaban J connectivity index is 1.64. The highest BCUT2D eigenvalue weighted by Crippen LogP contribution is 2.30. The van der Waals surface area contributed by atoms with E-state index in [0.717, 1.165) is 16.7 Å². The standard InChI is InChI=1S/C31H35NO9S/c1-21-14-16-26(17-15-21)42(35,36)39-20-27-29(40-23(3)34)30(37-18-24-10-6-4-7-11-24)28(32-22(2)33)31(41-27)38-19-25-12-8-5-9-13-25/h4-17,27-31H,18-20H2,1-3H3,(H,32,33)/t27-,28-,29-,30-,31+/m1/s1. The third-order valence-corrected chi connectivity index (χ3v) is 7.85. The second-order valence-electron chi connectivity index (χ2n) is 9.95. The average Bonchev–Trinajstić information content (AvgIpc) is 2.96. The number of nitrogens with one attached hydrogen (secondary N) is 1. The lowest BCUT2D eigenvalue weighted by molar-refractivity contribution is -0.283. The van der Waals surface area contributed by atoms with Crippen LogP contribution in [0.4, 0.5) is 0 Å². The van der Waals surface area contributed by atoms with Gasteiger partial charge < -0.3 is 24.3 Å². The highest BCUT2D eigenvalue weighted by atomic mass is 32.2. The Morgan fingerprint density at radius 1 is 0.810 bits per heavy atom. The summed E-state index contributed by atoms with van der Waals surface area (Å²) in [6.07, 6.45) is -4.35. The molecule has 0 bridgehead atoms. The minimum absolute atomic E-state index is 0.0298. The Kier molecular flexibility index (Phi) is 10.8. The highest BCUT2D eigenvalue weighted by Gasteiger charge is 2.50. The zero-order valence-electron chi connectivity index (χ0n) is 23.7. The molecule has 11 heteroatoms. The molecule has 0 aliphatic carbocycles. The predicted molar refractivity (Wildman–Crippen MR) is 152 cm³/mol. The largest absolute Gasteiger partial charge is 0.457 e. The lowest BCUT2D eigenvalue weighted by atomic mass is 9.96. The van der Waals surface area contributed by atoms with Crippen molar-refractivity contribution in [2.45, 2.75) is 69.5 Å². The number of ether oxygens (including phenoxy) is 4. The zero-order valence-corrected chi connectivity index (χ0v) is 24.5. The van der Waals surface area contributed by atoms with Gasteiger partial charge in [0.25, 0.3) is 10.1 Å². The SMILES string of the molecule is CC(=O)N[C@H]1[C@@H](OCc2ccccc2)O[C@H](COS(=O)(=O)c2ccc(C)cc2)[C@@H](OC(C)=O)[C@@H]1OCc1ccccc1. The molecule has 1 aliphatic heterocycles. The first-order valence-corrected chi connectivity index (χ1v) is 14.9. The van der Waals surface area contributed by atoms with E-state index in [9.17, 15) is 18.0 Å². The summed E-state index contributed by atoms with van der Waals surface area (Å²) in [6.45, 7) is 4.14. The van der Waals surface area contributed by atoms with E-state index in [-0.39, 0.29) is 24.0 Å². The summed E-state index contributed by atoms with van der Waals surface area (Å²) in [5.41, 5.74) is 2.57. The molecule has 1 amide bonds. The van der Waals surface area contributed by atoms with Gasteiger partial charge in [0.1, 0.15) is 18.2 Å². The molecule has 10 nitrogen and oxygen atoms in total. The number of carbonyl (C=O) groups is 2. The lowest BCUT2D eigenvalue weighted by Crippen LogP contribution is -2.66. The molecule has 1 aliphatic rings. The molecule has 0 saturated carbocycles. The van der Waals surface area contributed by atoms with Crippen LogP contribution in [0.5, 0.6) is 0 Å². The van der Waals surface area contributed by atoms with Gasteiger partial charge in [-0.15, -0.1) is 0 Å². The van der Waals surface area contributed by atoms with E-state index in [0.29, 0.717) is 0 Å². The summed E-state index contributed by atoms with van der Waals surface area (Å²) in [5, 5.41) is 2.82. The minimum Gasteiger partial charge on any atom is -0.457 e. The normalized spacial score (nSPS) is 22.3. The maximum absolute atomic E-state index is 13.0. The summed E-state index contributed by atoms with van der Waals surface area (Å²) in [4.78, 5) is 24.5. The summed E-state index contributed by atoms with van der Waals surface area (Å²) < 4.78 is 55.6. The number of hydrogen-bond donors (Lipinski definition) is 1. The molecule has 0 aromatic heterocycles. The van der Waals surface area contributed by atoms with E-state index < -0.39 is 53.3 Å². The molecule has 3 aromatic carbocycles. The Bertz CT molecular complexity index is 1420. The van der Waals surface area contributed by atoms with Crippen molar-refractivity contribution in [3.05, 3.63) is 102 Å². The number of hydrogen-bond acceptors (Lipinski definition) is 9. The topological polar surface area (TPSA) is 126 Å². The number of esters is 1.